The lowest BCUT2D eigenvalue weighted by Gasteiger charge is -2.19. The number of hydrogen-bond acceptors (Lipinski definition) is 2. The van der Waals surface area contributed by atoms with E-state index in [1.807, 2.05) is 18.9 Å². The minimum atomic E-state index is -0.414. The molecule has 0 aliphatic rings. The molecule has 0 fully saturated rings. The van der Waals surface area contributed by atoms with E-state index in [9.17, 15) is 9.18 Å². The molecule has 0 aliphatic carbocycles. The first kappa shape index (κ1) is 16.8. The summed E-state index contributed by atoms with van der Waals surface area (Å²) in [4.78, 5) is 17.6. The summed E-state index contributed by atoms with van der Waals surface area (Å²) < 4.78 is 13.9. The highest BCUT2D eigenvalue weighted by molar-refractivity contribution is 9.10. The Balaban J connectivity index is 3.21. The molecule has 1 aromatic rings. The van der Waals surface area contributed by atoms with Gasteiger partial charge >= 0.3 is 0 Å². The van der Waals surface area contributed by atoms with E-state index in [1.54, 1.807) is 0 Å². The van der Waals surface area contributed by atoms with Gasteiger partial charge in [-0.2, -0.15) is 0 Å². The first-order valence-electron chi connectivity index (χ1n) is 6.76. The van der Waals surface area contributed by atoms with E-state index in [-0.39, 0.29) is 4.47 Å². The SMILES string of the molecule is CCCCC(=Nc1cc(F)c(Br)cc1C=O)N(C)CC. The fraction of sp³-hybridized carbons (Fsp3) is 0.467. The Morgan fingerprint density at radius 1 is 1.45 bits per heavy atom. The number of halogens is 2. The quantitative estimate of drug-likeness (QED) is 0.430. The van der Waals surface area contributed by atoms with Crippen LogP contribution >= 0.6 is 15.9 Å². The van der Waals surface area contributed by atoms with Gasteiger partial charge in [-0.25, -0.2) is 9.38 Å². The second-order valence-corrected chi connectivity index (χ2v) is 5.44. The van der Waals surface area contributed by atoms with Gasteiger partial charge in [0.05, 0.1) is 10.2 Å². The summed E-state index contributed by atoms with van der Waals surface area (Å²) in [5.41, 5.74) is 0.767. The van der Waals surface area contributed by atoms with Gasteiger partial charge in [0, 0.05) is 31.6 Å². The summed E-state index contributed by atoms with van der Waals surface area (Å²) in [7, 11) is 1.95. The standard InChI is InChI=1S/C15H20BrFN2O/c1-4-6-7-15(19(3)5-2)18-14-9-13(17)12(16)8-11(14)10-20/h8-10H,4-7H2,1-3H3. The zero-order chi connectivity index (χ0) is 15.1. The summed E-state index contributed by atoms with van der Waals surface area (Å²) in [6, 6.07) is 2.76. The molecule has 0 unspecified atom stereocenters. The van der Waals surface area contributed by atoms with Gasteiger partial charge in [-0.1, -0.05) is 13.3 Å². The van der Waals surface area contributed by atoms with Gasteiger partial charge in [0.15, 0.2) is 6.29 Å². The number of benzene rings is 1. The lowest BCUT2D eigenvalue weighted by atomic mass is 10.2. The van der Waals surface area contributed by atoms with Crippen LogP contribution in [0.5, 0.6) is 0 Å². The number of aliphatic imine (C=N–C) groups is 1. The lowest BCUT2D eigenvalue weighted by Crippen LogP contribution is -2.26. The predicted molar refractivity (Wildman–Crippen MR) is 84.4 cm³/mol. The Morgan fingerprint density at radius 2 is 2.15 bits per heavy atom. The van der Waals surface area contributed by atoms with Crippen LogP contribution in [0.25, 0.3) is 0 Å². The molecule has 3 nitrogen and oxygen atoms in total. The molecule has 0 aromatic heterocycles. The Bertz CT molecular complexity index is 503. The normalized spacial score (nSPS) is 11.6. The molecule has 0 saturated heterocycles. The smallest absolute Gasteiger partial charge is 0.152 e. The molecular formula is C15H20BrFN2O. The zero-order valence-corrected chi connectivity index (χ0v) is 13.7. The zero-order valence-electron chi connectivity index (χ0n) is 12.1. The maximum absolute atomic E-state index is 13.6. The maximum atomic E-state index is 13.6. The second kappa shape index (κ2) is 8.15. The van der Waals surface area contributed by atoms with E-state index in [4.69, 9.17) is 0 Å². The van der Waals surface area contributed by atoms with Crippen molar-refractivity contribution in [3.63, 3.8) is 0 Å². The number of amidine groups is 1. The molecule has 0 N–H and O–H groups in total. The third-order valence-corrected chi connectivity index (χ3v) is 3.72. The molecule has 20 heavy (non-hydrogen) atoms. The summed E-state index contributed by atoms with van der Waals surface area (Å²) in [6.45, 7) is 4.96. The predicted octanol–water partition coefficient (Wildman–Crippen LogP) is 4.57. The summed E-state index contributed by atoms with van der Waals surface area (Å²) in [6.07, 6.45) is 3.59. The van der Waals surface area contributed by atoms with Crippen LogP contribution < -0.4 is 0 Å². The van der Waals surface area contributed by atoms with Crippen molar-refractivity contribution >= 4 is 33.7 Å². The van der Waals surface area contributed by atoms with E-state index >= 15 is 0 Å². The fourth-order valence-corrected chi connectivity index (χ4v) is 2.09. The van der Waals surface area contributed by atoms with Crippen molar-refractivity contribution in [3.8, 4) is 0 Å². The number of rotatable bonds is 6. The van der Waals surface area contributed by atoms with E-state index in [2.05, 4.69) is 27.8 Å². The Kier molecular flexibility index (Phi) is 6.85. The average molecular weight is 343 g/mol. The van der Waals surface area contributed by atoms with Crippen LogP contribution in [0, 0.1) is 5.82 Å². The molecule has 1 rings (SSSR count). The minimum Gasteiger partial charge on any atom is -0.363 e. The van der Waals surface area contributed by atoms with E-state index in [1.165, 1.54) is 12.1 Å². The topological polar surface area (TPSA) is 32.7 Å². The third-order valence-electron chi connectivity index (χ3n) is 3.11. The summed E-state index contributed by atoms with van der Waals surface area (Å²) in [5, 5.41) is 0. The molecule has 0 atom stereocenters. The first-order chi connectivity index (χ1) is 9.53. The van der Waals surface area contributed by atoms with Gasteiger partial charge in [-0.05, 0) is 35.3 Å². The maximum Gasteiger partial charge on any atom is 0.152 e. The molecule has 0 radical (unpaired) electrons. The molecule has 0 amide bonds. The number of carbonyl (C=O) groups is 1. The number of carbonyl (C=O) groups excluding carboxylic acids is 1. The number of unbranched alkanes of at least 4 members (excludes halogenated alkanes) is 1. The van der Waals surface area contributed by atoms with Crippen molar-refractivity contribution in [2.75, 3.05) is 13.6 Å². The van der Waals surface area contributed by atoms with Gasteiger partial charge < -0.3 is 4.90 Å². The second-order valence-electron chi connectivity index (χ2n) is 4.59. The van der Waals surface area contributed by atoms with Crippen molar-refractivity contribution < 1.29 is 9.18 Å². The largest absolute Gasteiger partial charge is 0.363 e. The van der Waals surface area contributed by atoms with E-state index in [0.717, 1.165) is 31.6 Å². The van der Waals surface area contributed by atoms with Crippen LogP contribution in [-0.2, 0) is 0 Å². The molecule has 1 aromatic carbocycles. The van der Waals surface area contributed by atoms with Gasteiger partial charge in [0.1, 0.15) is 11.7 Å². The summed E-state index contributed by atoms with van der Waals surface area (Å²) in [5.74, 6) is 0.461. The van der Waals surface area contributed by atoms with Gasteiger partial charge in [0.25, 0.3) is 0 Å². The Hall–Kier alpha value is -1.23. The first-order valence-corrected chi connectivity index (χ1v) is 7.55. The van der Waals surface area contributed by atoms with Gasteiger partial charge in [0.2, 0.25) is 0 Å². The third kappa shape index (κ3) is 4.40. The number of nitrogens with zero attached hydrogens (tertiary/aromatic N) is 2. The van der Waals surface area contributed by atoms with Crippen molar-refractivity contribution in [2.24, 2.45) is 4.99 Å². The molecule has 0 spiro atoms. The minimum absolute atomic E-state index is 0.275. The van der Waals surface area contributed by atoms with Crippen LogP contribution in [0.4, 0.5) is 10.1 Å². The van der Waals surface area contributed by atoms with Crippen LogP contribution in [0.1, 0.15) is 43.5 Å². The van der Waals surface area contributed by atoms with Crippen LogP contribution in [0.3, 0.4) is 0 Å². The average Bonchev–Trinajstić information content (AvgIpc) is 2.45. The number of aldehydes is 1. The van der Waals surface area contributed by atoms with Crippen molar-refractivity contribution in [1.29, 1.82) is 0 Å². The molecular weight excluding hydrogens is 323 g/mol. The summed E-state index contributed by atoms with van der Waals surface area (Å²) >= 11 is 3.08. The fourth-order valence-electron chi connectivity index (χ4n) is 1.73. The monoisotopic (exact) mass is 342 g/mol. The van der Waals surface area contributed by atoms with Gasteiger partial charge in [-0.3, -0.25) is 4.79 Å². The van der Waals surface area contributed by atoms with Crippen LogP contribution in [0.15, 0.2) is 21.6 Å². The number of hydrogen-bond donors (Lipinski definition) is 0. The molecule has 0 saturated carbocycles. The van der Waals surface area contributed by atoms with Crippen molar-refractivity contribution in [3.05, 3.63) is 28.0 Å². The van der Waals surface area contributed by atoms with Crippen LogP contribution in [-0.4, -0.2) is 30.6 Å². The van der Waals surface area contributed by atoms with Crippen molar-refractivity contribution in [2.45, 2.75) is 33.1 Å². The molecule has 0 aliphatic heterocycles. The Labute approximate surface area is 128 Å². The van der Waals surface area contributed by atoms with Crippen molar-refractivity contribution in [1.82, 2.24) is 4.90 Å². The van der Waals surface area contributed by atoms with Crippen LogP contribution in [0.2, 0.25) is 0 Å². The Morgan fingerprint density at radius 3 is 2.70 bits per heavy atom. The molecule has 0 bridgehead atoms. The molecule has 110 valence electrons. The van der Waals surface area contributed by atoms with E-state index in [0.29, 0.717) is 17.5 Å². The lowest BCUT2D eigenvalue weighted by molar-refractivity contribution is 0.112. The molecule has 5 heteroatoms. The highest BCUT2D eigenvalue weighted by Gasteiger charge is 2.10. The highest BCUT2D eigenvalue weighted by atomic mass is 79.9. The highest BCUT2D eigenvalue weighted by Crippen LogP contribution is 2.26. The van der Waals surface area contributed by atoms with E-state index < -0.39 is 5.82 Å². The molecule has 0 heterocycles. The van der Waals surface area contributed by atoms with Gasteiger partial charge in [-0.15, -0.1) is 0 Å².